The zero-order valence-corrected chi connectivity index (χ0v) is 5.85. The van der Waals surface area contributed by atoms with Gasteiger partial charge in [0.05, 0.1) is 12.7 Å². The molecule has 50 valence electrons. The molecular weight excluding hydrogens is 138 g/mol. The lowest BCUT2D eigenvalue weighted by Crippen LogP contribution is -2.19. The van der Waals surface area contributed by atoms with E-state index in [2.05, 4.69) is 9.73 Å². The first-order valence-corrected chi connectivity index (χ1v) is 3.60. The molecule has 0 N–H and O–H groups in total. The van der Waals surface area contributed by atoms with Gasteiger partial charge in [0, 0.05) is 5.75 Å². The number of methoxy groups -OCH3 is 1. The summed E-state index contributed by atoms with van der Waals surface area (Å²) in [5.74, 6) is 0.489. The predicted octanol–water partition coefficient (Wildman–Crippen LogP) is 0.303. The minimum Gasteiger partial charge on any atom is -0.467 e. The smallest absolute Gasteiger partial charge is 0.331 e. The van der Waals surface area contributed by atoms with Crippen molar-refractivity contribution in [3.8, 4) is 0 Å². The summed E-state index contributed by atoms with van der Waals surface area (Å²) in [6.45, 7) is 0. The van der Waals surface area contributed by atoms with Crippen LogP contribution >= 0.6 is 11.8 Å². The zero-order chi connectivity index (χ0) is 6.69. The number of hydrogen-bond donors (Lipinski definition) is 0. The molecule has 0 fully saturated rings. The SMILES string of the molecule is COC(=O)[C@@H]1CSC=N1. The predicted molar refractivity (Wildman–Crippen MR) is 36.8 cm³/mol. The number of aliphatic imine (C=N–C) groups is 1. The quantitative estimate of drug-likeness (QED) is 0.498. The molecule has 1 rings (SSSR count). The molecule has 0 amide bonds. The molecule has 0 aromatic heterocycles. The van der Waals surface area contributed by atoms with Gasteiger partial charge in [-0.2, -0.15) is 0 Å². The van der Waals surface area contributed by atoms with Crippen LogP contribution in [0.1, 0.15) is 0 Å². The Kier molecular flexibility index (Phi) is 2.10. The van der Waals surface area contributed by atoms with Crippen molar-refractivity contribution in [2.24, 2.45) is 4.99 Å². The summed E-state index contributed by atoms with van der Waals surface area (Å²) in [7, 11) is 1.38. The van der Waals surface area contributed by atoms with Crippen LogP contribution in [0.2, 0.25) is 0 Å². The van der Waals surface area contributed by atoms with Gasteiger partial charge in [-0.05, 0) is 0 Å². The van der Waals surface area contributed by atoms with Gasteiger partial charge >= 0.3 is 5.97 Å². The summed E-state index contributed by atoms with van der Waals surface area (Å²) < 4.78 is 4.47. The molecule has 0 spiro atoms. The van der Waals surface area contributed by atoms with Crippen LogP contribution in [0.5, 0.6) is 0 Å². The molecule has 0 aromatic carbocycles. The Hall–Kier alpha value is -0.510. The van der Waals surface area contributed by atoms with Crippen molar-refractivity contribution in [1.82, 2.24) is 0 Å². The van der Waals surface area contributed by atoms with Gasteiger partial charge in [0.2, 0.25) is 0 Å². The summed E-state index contributed by atoms with van der Waals surface area (Å²) >= 11 is 1.53. The molecule has 0 saturated carbocycles. The van der Waals surface area contributed by atoms with E-state index in [0.717, 1.165) is 5.75 Å². The maximum absolute atomic E-state index is 10.7. The maximum atomic E-state index is 10.7. The van der Waals surface area contributed by atoms with Gasteiger partial charge in [0.15, 0.2) is 6.04 Å². The Morgan fingerprint density at radius 3 is 3.22 bits per heavy atom. The van der Waals surface area contributed by atoms with Gasteiger partial charge in [-0.25, -0.2) is 4.79 Å². The van der Waals surface area contributed by atoms with Crippen LogP contribution in [0.4, 0.5) is 0 Å². The molecule has 0 saturated heterocycles. The van der Waals surface area contributed by atoms with Crippen molar-refractivity contribution in [2.45, 2.75) is 6.04 Å². The number of hydrogen-bond acceptors (Lipinski definition) is 4. The Morgan fingerprint density at radius 1 is 2.00 bits per heavy atom. The van der Waals surface area contributed by atoms with Crippen molar-refractivity contribution in [3.63, 3.8) is 0 Å². The van der Waals surface area contributed by atoms with Gasteiger partial charge in [-0.15, -0.1) is 11.8 Å². The second-order valence-electron chi connectivity index (χ2n) is 1.63. The van der Waals surface area contributed by atoms with Crippen molar-refractivity contribution in [2.75, 3.05) is 12.9 Å². The third kappa shape index (κ3) is 1.45. The molecule has 0 unspecified atom stereocenters. The standard InChI is InChI=1S/C5H7NO2S/c1-8-5(7)4-2-9-3-6-4/h3-4H,2H2,1H3/t4-/m0/s1. The Morgan fingerprint density at radius 2 is 2.78 bits per heavy atom. The lowest BCUT2D eigenvalue weighted by molar-refractivity contribution is -0.141. The van der Waals surface area contributed by atoms with E-state index in [1.165, 1.54) is 18.9 Å². The van der Waals surface area contributed by atoms with Gasteiger partial charge in [-0.1, -0.05) is 0 Å². The topological polar surface area (TPSA) is 38.7 Å². The minimum absolute atomic E-state index is 0.240. The summed E-state index contributed by atoms with van der Waals surface area (Å²) in [4.78, 5) is 14.5. The zero-order valence-electron chi connectivity index (χ0n) is 5.03. The van der Waals surface area contributed by atoms with Crippen LogP contribution in [-0.4, -0.2) is 30.4 Å². The van der Waals surface area contributed by atoms with Gasteiger partial charge in [0.25, 0.3) is 0 Å². The average Bonchev–Trinajstić information content (AvgIpc) is 2.37. The molecule has 0 bridgehead atoms. The van der Waals surface area contributed by atoms with Crippen LogP contribution in [-0.2, 0) is 9.53 Å². The summed E-state index contributed by atoms with van der Waals surface area (Å²) in [5, 5.41) is 0. The van der Waals surface area contributed by atoms with Crippen LogP contribution in [0.25, 0.3) is 0 Å². The third-order valence-electron chi connectivity index (χ3n) is 1.04. The molecule has 1 atom stereocenters. The van der Waals surface area contributed by atoms with Crippen LogP contribution in [0.15, 0.2) is 4.99 Å². The Labute approximate surface area is 57.5 Å². The normalized spacial score (nSPS) is 24.3. The first kappa shape index (κ1) is 6.61. The second-order valence-corrected chi connectivity index (χ2v) is 2.50. The molecule has 0 aromatic rings. The maximum Gasteiger partial charge on any atom is 0.331 e. The Bertz CT molecular complexity index is 146. The fraction of sp³-hybridized carbons (Fsp3) is 0.600. The summed E-state index contributed by atoms with van der Waals surface area (Å²) in [5.41, 5.74) is 1.68. The van der Waals surface area contributed by atoms with Gasteiger partial charge in [-0.3, -0.25) is 4.99 Å². The highest BCUT2D eigenvalue weighted by atomic mass is 32.2. The highest BCUT2D eigenvalue weighted by Gasteiger charge is 2.19. The van der Waals surface area contributed by atoms with Crippen LogP contribution in [0, 0.1) is 0 Å². The van der Waals surface area contributed by atoms with Crippen molar-refractivity contribution >= 4 is 23.3 Å². The van der Waals surface area contributed by atoms with Crippen LogP contribution < -0.4 is 0 Å². The molecule has 1 aliphatic heterocycles. The van der Waals surface area contributed by atoms with E-state index >= 15 is 0 Å². The van der Waals surface area contributed by atoms with Gasteiger partial charge < -0.3 is 4.74 Å². The molecule has 9 heavy (non-hydrogen) atoms. The summed E-state index contributed by atoms with van der Waals surface area (Å²) in [6, 6.07) is -0.250. The fourth-order valence-electron chi connectivity index (χ4n) is 0.559. The van der Waals surface area contributed by atoms with E-state index in [0.29, 0.717) is 0 Å². The molecule has 1 aliphatic rings. The highest BCUT2D eigenvalue weighted by molar-refractivity contribution is 8.12. The number of thioether (sulfide) groups is 1. The lowest BCUT2D eigenvalue weighted by atomic mass is 10.4. The number of nitrogens with zero attached hydrogens (tertiary/aromatic N) is 1. The first-order valence-electron chi connectivity index (χ1n) is 2.55. The fourth-order valence-corrected chi connectivity index (χ4v) is 1.28. The second kappa shape index (κ2) is 2.87. The summed E-state index contributed by atoms with van der Waals surface area (Å²) in [6.07, 6.45) is 0. The third-order valence-corrected chi connectivity index (χ3v) is 1.82. The number of esters is 1. The number of ether oxygens (including phenoxy) is 1. The molecule has 3 nitrogen and oxygen atoms in total. The number of carbonyl (C=O) groups excluding carboxylic acids is 1. The van der Waals surface area contributed by atoms with E-state index < -0.39 is 0 Å². The number of rotatable bonds is 1. The van der Waals surface area contributed by atoms with Crippen molar-refractivity contribution < 1.29 is 9.53 Å². The number of carbonyl (C=O) groups is 1. The van der Waals surface area contributed by atoms with Crippen molar-refractivity contribution in [3.05, 3.63) is 0 Å². The minimum atomic E-state index is -0.250. The average molecular weight is 145 g/mol. The molecule has 4 heteroatoms. The molecular formula is C5H7NO2S. The largest absolute Gasteiger partial charge is 0.467 e. The van der Waals surface area contributed by atoms with E-state index in [1.807, 2.05) is 0 Å². The lowest BCUT2D eigenvalue weighted by Gasteiger charge is -2.00. The molecule has 0 aliphatic carbocycles. The Balaban J connectivity index is 2.43. The molecule has 1 heterocycles. The van der Waals surface area contributed by atoms with E-state index in [-0.39, 0.29) is 12.0 Å². The van der Waals surface area contributed by atoms with Crippen LogP contribution in [0.3, 0.4) is 0 Å². The van der Waals surface area contributed by atoms with E-state index in [1.54, 1.807) is 5.55 Å². The monoisotopic (exact) mass is 145 g/mol. The van der Waals surface area contributed by atoms with Gasteiger partial charge in [0.1, 0.15) is 0 Å². The first-order chi connectivity index (χ1) is 4.34. The highest BCUT2D eigenvalue weighted by Crippen LogP contribution is 2.11. The van der Waals surface area contributed by atoms with Crippen molar-refractivity contribution in [1.29, 1.82) is 0 Å². The van der Waals surface area contributed by atoms with E-state index in [4.69, 9.17) is 0 Å². The molecule has 0 radical (unpaired) electrons. The van der Waals surface area contributed by atoms with E-state index in [9.17, 15) is 4.79 Å².